The van der Waals surface area contributed by atoms with E-state index in [1.807, 2.05) is 0 Å². The lowest BCUT2D eigenvalue weighted by Gasteiger charge is -2.08. The maximum atomic E-state index is 5.71. The van der Waals surface area contributed by atoms with E-state index < -0.39 is 0 Å². The van der Waals surface area contributed by atoms with Crippen LogP contribution in [0.15, 0.2) is 24.3 Å². The summed E-state index contributed by atoms with van der Waals surface area (Å²) in [5, 5.41) is 3.44. The molecule has 0 bridgehead atoms. The van der Waals surface area contributed by atoms with Crippen LogP contribution in [0.25, 0.3) is 0 Å². The van der Waals surface area contributed by atoms with Crippen molar-refractivity contribution in [2.45, 2.75) is 65.5 Å². The SMILES string of the molecule is CCCCCCOCc1ccc(CCNC(C)C)cc1. The second kappa shape index (κ2) is 10.9. The lowest BCUT2D eigenvalue weighted by atomic mass is 10.1. The van der Waals surface area contributed by atoms with Gasteiger partial charge in [-0.15, -0.1) is 0 Å². The van der Waals surface area contributed by atoms with E-state index in [0.29, 0.717) is 6.04 Å². The molecule has 0 saturated heterocycles. The summed E-state index contributed by atoms with van der Waals surface area (Å²) in [6.07, 6.45) is 6.18. The summed E-state index contributed by atoms with van der Waals surface area (Å²) in [5.74, 6) is 0. The molecule has 114 valence electrons. The molecule has 0 spiro atoms. The molecule has 0 aliphatic carbocycles. The fourth-order valence-corrected chi connectivity index (χ4v) is 2.13. The van der Waals surface area contributed by atoms with Crippen molar-refractivity contribution >= 4 is 0 Å². The van der Waals surface area contributed by atoms with Gasteiger partial charge in [0.15, 0.2) is 0 Å². The Labute approximate surface area is 124 Å². The number of hydrogen-bond acceptors (Lipinski definition) is 2. The first-order valence-electron chi connectivity index (χ1n) is 8.11. The first-order valence-corrected chi connectivity index (χ1v) is 8.11. The molecule has 0 unspecified atom stereocenters. The predicted octanol–water partition coefficient (Wildman–Crippen LogP) is 4.32. The maximum Gasteiger partial charge on any atom is 0.0716 e. The van der Waals surface area contributed by atoms with Crippen LogP contribution < -0.4 is 5.32 Å². The maximum absolute atomic E-state index is 5.71. The van der Waals surface area contributed by atoms with Gasteiger partial charge in [0, 0.05) is 12.6 Å². The third kappa shape index (κ3) is 8.34. The monoisotopic (exact) mass is 277 g/mol. The van der Waals surface area contributed by atoms with Crippen molar-refractivity contribution in [2.75, 3.05) is 13.2 Å². The molecule has 1 rings (SSSR count). The lowest BCUT2D eigenvalue weighted by molar-refractivity contribution is 0.117. The topological polar surface area (TPSA) is 21.3 Å². The summed E-state index contributed by atoms with van der Waals surface area (Å²) in [6, 6.07) is 9.39. The minimum atomic E-state index is 0.565. The van der Waals surface area contributed by atoms with E-state index in [4.69, 9.17) is 4.74 Å². The van der Waals surface area contributed by atoms with Crippen molar-refractivity contribution < 1.29 is 4.74 Å². The molecular formula is C18H31NO. The molecule has 0 aliphatic heterocycles. The Kier molecular flexibility index (Phi) is 9.35. The van der Waals surface area contributed by atoms with Crippen molar-refractivity contribution in [2.24, 2.45) is 0 Å². The summed E-state index contributed by atoms with van der Waals surface area (Å²) in [5.41, 5.74) is 2.67. The van der Waals surface area contributed by atoms with Gasteiger partial charge < -0.3 is 10.1 Å². The zero-order valence-corrected chi connectivity index (χ0v) is 13.5. The zero-order chi connectivity index (χ0) is 14.6. The molecule has 0 fully saturated rings. The highest BCUT2D eigenvalue weighted by molar-refractivity contribution is 5.22. The Balaban J connectivity index is 2.15. The van der Waals surface area contributed by atoms with Gasteiger partial charge >= 0.3 is 0 Å². The van der Waals surface area contributed by atoms with Gasteiger partial charge in [-0.25, -0.2) is 0 Å². The van der Waals surface area contributed by atoms with Crippen molar-refractivity contribution in [1.82, 2.24) is 5.32 Å². The van der Waals surface area contributed by atoms with E-state index in [0.717, 1.165) is 26.2 Å². The Bertz CT molecular complexity index is 332. The van der Waals surface area contributed by atoms with Gasteiger partial charge in [-0.2, -0.15) is 0 Å². The smallest absolute Gasteiger partial charge is 0.0716 e. The molecule has 1 N–H and O–H groups in total. The van der Waals surface area contributed by atoms with E-state index >= 15 is 0 Å². The summed E-state index contributed by atoms with van der Waals surface area (Å²) >= 11 is 0. The van der Waals surface area contributed by atoms with E-state index in [1.165, 1.54) is 36.8 Å². The van der Waals surface area contributed by atoms with Crippen LogP contribution >= 0.6 is 0 Å². The van der Waals surface area contributed by atoms with Crippen LogP contribution in [0.3, 0.4) is 0 Å². The molecule has 0 aliphatic rings. The molecule has 1 aromatic carbocycles. The molecular weight excluding hydrogens is 246 g/mol. The van der Waals surface area contributed by atoms with E-state index in [-0.39, 0.29) is 0 Å². The van der Waals surface area contributed by atoms with E-state index in [9.17, 15) is 0 Å². The molecule has 2 heteroatoms. The summed E-state index contributed by atoms with van der Waals surface area (Å²) in [7, 11) is 0. The number of benzene rings is 1. The molecule has 1 aromatic rings. The van der Waals surface area contributed by atoms with Gasteiger partial charge in [0.05, 0.1) is 6.61 Å². The fraction of sp³-hybridized carbons (Fsp3) is 0.667. The van der Waals surface area contributed by atoms with Crippen molar-refractivity contribution in [3.8, 4) is 0 Å². The first-order chi connectivity index (χ1) is 9.72. The normalized spacial score (nSPS) is 11.2. The van der Waals surface area contributed by atoms with Gasteiger partial charge in [-0.05, 0) is 30.5 Å². The Morgan fingerprint density at radius 2 is 1.70 bits per heavy atom. The van der Waals surface area contributed by atoms with Gasteiger partial charge in [0.2, 0.25) is 0 Å². The Hall–Kier alpha value is -0.860. The average Bonchev–Trinajstić information content (AvgIpc) is 2.44. The highest BCUT2D eigenvalue weighted by atomic mass is 16.5. The number of ether oxygens (including phenoxy) is 1. The van der Waals surface area contributed by atoms with Crippen LogP contribution in [0.2, 0.25) is 0 Å². The quantitative estimate of drug-likeness (QED) is 0.608. The number of unbranched alkanes of at least 4 members (excludes halogenated alkanes) is 3. The Morgan fingerprint density at radius 1 is 1.00 bits per heavy atom. The minimum Gasteiger partial charge on any atom is -0.377 e. The molecule has 0 amide bonds. The standard InChI is InChI=1S/C18H31NO/c1-4-5-6-7-14-20-15-18-10-8-17(9-11-18)12-13-19-16(2)3/h8-11,16,19H,4-7,12-15H2,1-3H3. The minimum absolute atomic E-state index is 0.565. The number of nitrogens with one attached hydrogen (secondary N) is 1. The molecule has 0 atom stereocenters. The van der Waals surface area contributed by atoms with Crippen LogP contribution in [-0.4, -0.2) is 19.2 Å². The fourth-order valence-electron chi connectivity index (χ4n) is 2.13. The lowest BCUT2D eigenvalue weighted by Crippen LogP contribution is -2.24. The second-order valence-corrected chi connectivity index (χ2v) is 5.79. The summed E-state index contributed by atoms with van der Waals surface area (Å²) in [4.78, 5) is 0. The molecule has 0 heterocycles. The van der Waals surface area contributed by atoms with E-state index in [2.05, 4.69) is 50.4 Å². The van der Waals surface area contributed by atoms with Crippen LogP contribution in [0.1, 0.15) is 57.6 Å². The van der Waals surface area contributed by atoms with E-state index in [1.54, 1.807) is 0 Å². The highest BCUT2D eigenvalue weighted by Gasteiger charge is 1.97. The zero-order valence-electron chi connectivity index (χ0n) is 13.5. The molecule has 0 radical (unpaired) electrons. The van der Waals surface area contributed by atoms with Crippen LogP contribution in [0.5, 0.6) is 0 Å². The molecule has 20 heavy (non-hydrogen) atoms. The Morgan fingerprint density at radius 3 is 2.35 bits per heavy atom. The third-order valence-electron chi connectivity index (χ3n) is 3.40. The first kappa shape index (κ1) is 17.2. The summed E-state index contributed by atoms with van der Waals surface area (Å²) in [6.45, 7) is 9.28. The van der Waals surface area contributed by atoms with Crippen LogP contribution in [-0.2, 0) is 17.8 Å². The average molecular weight is 277 g/mol. The largest absolute Gasteiger partial charge is 0.377 e. The third-order valence-corrected chi connectivity index (χ3v) is 3.40. The van der Waals surface area contributed by atoms with Gasteiger partial charge in [0.1, 0.15) is 0 Å². The van der Waals surface area contributed by atoms with Crippen molar-refractivity contribution in [3.63, 3.8) is 0 Å². The number of hydrogen-bond donors (Lipinski definition) is 1. The number of rotatable bonds is 11. The van der Waals surface area contributed by atoms with Crippen LogP contribution in [0, 0.1) is 0 Å². The van der Waals surface area contributed by atoms with Crippen LogP contribution in [0.4, 0.5) is 0 Å². The van der Waals surface area contributed by atoms with Gasteiger partial charge in [0.25, 0.3) is 0 Å². The molecule has 0 aromatic heterocycles. The molecule has 2 nitrogen and oxygen atoms in total. The van der Waals surface area contributed by atoms with Gasteiger partial charge in [-0.3, -0.25) is 0 Å². The second-order valence-electron chi connectivity index (χ2n) is 5.79. The van der Waals surface area contributed by atoms with Crippen molar-refractivity contribution in [1.29, 1.82) is 0 Å². The van der Waals surface area contributed by atoms with Gasteiger partial charge in [-0.1, -0.05) is 64.3 Å². The summed E-state index contributed by atoms with van der Waals surface area (Å²) < 4.78 is 5.71. The van der Waals surface area contributed by atoms with Crippen molar-refractivity contribution in [3.05, 3.63) is 35.4 Å². The molecule has 0 saturated carbocycles. The predicted molar refractivity (Wildman–Crippen MR) is 87.1 cm³/mol. The highest BCUT2D eigenvalue weighted by Crippen LogP contribution is 2.07.